The third-order valence-electron chi connectivity index (χ3n) is 3.96. The smallest absolute Gasteiger partial charge is 0.190 e. The van der Waals surface area contributed by atoms with Crippen LogP contribution in [0.15, 0.2) is 36.7 Å². The van der Waals surface area contributed by atoms with Crippen molar-refractivity contribution in [2.45, 2.75) is 25.6 Å². The molecule has 2 aromatic rings. The molecular weight excluding hydrogens is 265 g/mol. The Hall–Kier alpha value is -1.75. The van der Waals surface area contributed by atoms with E-state index in [1.807, 2.05) is 12.1 Å². The summed E-state index contributed by atoms with van der Waals surface area (Å²) in [5.41, 5.74) is 0.918. The third-order valence-corrected chi connectivity index (χ3v) is 3.96. The predicted molar refractivity (Wildman–Crippen MR) is 70.2 cm³/mol. The van der Waals surface area contributed by atoms with Crippen molar-refractivity contribution in [1.29, 1.82) is 0 Å². The Kier molecular flexibility index (Phi) is 3.09. The van der Waals surface area contributed by atoms with E-state index in [4.69, 9.17) is 0 Å². The van der Waals surface area contributed by atoms with Crippen molar-refractivity contribution in [1.82, 2.24) is 9.47 Å². The molecule has 0 saturated carbocycles. The summed E-state index contributed by atoms with van der Waals surface area (Å²) in [4.78, 5) is 1.32. The molecule has 1 aliphatic heterocycles. The summed E-state index contributed by atoms with van der Waals surface area (Å²) in [6.45, 7) is 1.49. The first-order chi connectivity index (χ1) is 9.52. The molecule has 0 N–H and O–H groups in total. The van der Waals surface area contributed by atoms with Gasteiger partial charge in [0.25, 0.3) is 0 Å². The summed E-state index contributed by atoms with van der Waals surface area (Å²) in [7, 11) is 1.53. The fourth-order valence-electron chi connectivity index (χ4n) is 2.89. The standard InChI is InChI=1S/C15H15F3N2/c1-9-11(16)6-5-10-12(9)13(17)14(18)19(2)15(10)20-7-3-4-8-20/h3-8,13-15H,1-2H3. The summed E-state index contributed by atoms with van der Waals surface area (Å²) < 4.78 is 44.0. The highest BCUT2D eigenvalue weighted by molar-refractivity contribution is 5.42. The maximum atomic E-state index is 14.3. The Bertz CT molecular complexity index is 624. The van der Waals surface area contributed by atoms with Crippen molar-refractivity contribution in [2.75, 3.05) is 7.05 Å². The number of aromatic nitrogens is 1. The Labute approximate surface area is 115 Å². The van der Waals surface area contributed by atoms with Crippen LogP contribution in [0.4, 0.5) is 13.2 Å². The fourth-order valence-corrected chi connectivity index (χ4v) is 2.89. The molecule has 0 amide bonds. The van der Waals surface area contributed by atoms with Gasteiger partial charge in [-0.15, -0.1) is 0 Å². The number of hydrogen-bond donors (Lipinski definition) is 0. The number of alkyl halides is 2. The van der Waals surface area contributed by atoms with Gasteiger partial charge in [0.05, 0.1) is 0 Å². The lowest BCUT2D eigenvalue weighted by molar-refractivity contribution is -0.0227. The second kappa shape index (κ2) is 4.66. The molecule has 3 atom stereocenters. The first-order valence-corrected chi connectivity index (χ1v) is 6.43. The van der Waals surface area contributed by atoms with E-state index in [0.29, 0.717) is 5.56 Å². The molecule has 0 spiro atoms. The van der Waals surface area contributed by atoms with Gasteiger partial charge >= 0.3 is 0 Å². The zero-order valence-corrected chi connectivity index (χ0v) is 11.2. The normalized spacial score (nSPS) is 26.6. The minimum absolute atomic E-state index is 0.134. The minimum atomic E-state index is -1.84. The molecule has 20 heavy (non-hydrogen) atoms. The second-order valence-corrected chi connectivity index (χ2v) is 5.12. The number of hydrogen-bond acceptors (Lipinski definition) is 1. The van der Waals surface area contributed by atoms with E-state index < -0.39 is 24.5 Å². The summed E-state index contributed by atoms with van der Waals surface area (Å²) in [5, 5.41) is 0. The van der Waals surface area contributed by atoms with Crippen molar-refractivity contribution in [3.05, 3.63) is 59.2 Å². The summed E-state index contributed by atoms with van der Waals surface area (Å²) >= 11 is 0. The van der Waals surface area contributed by atoms with Crippen LogP contribution in [0.5, 0.6) is 0 Å². The van der Waals surface area contributed by atoms with Crippen LogP contribution >= 0.6 is 0 Å². The first-order valence-electron chi connectivity index (χ1n) is 6.43. The quantitative estimate of drug-likeness (QED) is 0.723. The average Bonchev–Trinajstić information content (AvgIpc) is 2.94. The van der Waals surface area contributed by atoms with Crippen LogP contribution in [0.25, 0.3) is 0 Å². The van der Waals surface area contributed by atoms with Crippen LogP contribution in [-0.4, -0.2) is 22.8 Å². The molecule has 0 saturated heterocycles. The van der Waals surface area contributed by atoms with Crippen LogP contribution in [0, 0.1) is 12.7 Å². The minimum Gasteiger partial charge on any atom is -0.334 e. The fraction of sp³-hybridized carbons (Fsp3) is 0.333. The van der Waals surface area contributed by atoms with E-state index >= 15 is 0 Å². The summed E-state index contributed by atoms with van der Waals surface area (Å²) in [6.07, 6.45) is -0.529. The zero-order valence-electron chi connectivity index (χ0n) is 11.2. The lowest BCUT2D eigenvalue weighted by Gasteiger charge is -2.40. The lowest BCUT2D eigenvalue weighted by Crippen LogP contribution is -2.43. The maximum Gasteiger partial charge on any atom is 0.190 e. The van der Waals surface area contributed by atoms with E-state index in [-0.39, 0.29) is 11.1 Å². The molecule has 3 unspecified atom stereocenters. The van der Waals surface area contributed by atoms with Crippen LogP contribution in [0.3, 0.4) is 0 Å². The van der Waals surface area contributed by atoms with Crippen LogP contribution in [0.2, 0.25) is 0 Å². The Morgan fingerprint density at radius 1 is 1.10 bits per heavy atom. The van der Waals surface area contributed by atoms with E-state index in [2.05, 4.69) is 0 Å². The zero-order chi connectivity index (χ0) is 14.4. The number of rotatable bonds is 1. The van der Waals surface area contributed by atoms with Crippen molar-refractivity contribution in [3.8, 4) is 0 Å². The van der Waals surface area contributed by atoms with Gasteiger partial charge in [-0.25, -0.2) is 18.1 Å². The van der Waals surface area contributed by atoms with Crippen molar-refractivity contribution >= 4 is 0 Å². The summed E-state index contributed by atoms with van der Waals surface area (Å²) in [6, 6.07) is 6.48. The van der Waals surface area contributed by atoms with Gasteiger partial charge in [-0.3, -0.25) is 0 Å². The third kappa shape index (κ3) is 1.77. The molecule has 1 aliphatic rings. The van der Waals surface area contributed by atoms with Crippen LogP contribution in [-0.2, 0) is 0 Å². The molecule has 2 heterocycles. The van der Waals surface area contributed by atoms with Crippen molar-refractivity contribution in [2.24, 2.45) is 0 Å². The highest BCUT2D eigenvalue weighted by Gasteiger charge is 2.41. The van der Waals surface area contributed by atoms with Crippen LogP contribution < -0.4 is 0 Å². The van der Waals surface area contributed by atoms with Crippen LogP contribution in [0.1, 0.15) is 29.0 Å². The van der Waals surface area contributed by atoms with Gasteiger partial charge in [-0.2, -0.15) is 0 Å². The lowest BCUT2D eigenvalue weighted by atomic mass is 9.90. The number of likely N-dealkylation sites (N-methyl/N-ethyl adjacent to an activating group) is 1. The number of halogens is 3. The van der Waals surface area contributed by atoms with Gasteiger partial charge < -0.3 is 4.57 Å². The molecule has 5 heteroatoms. The van der Waals surface area contributed by atoms with Gasteiger partial charge in [0.15, 0.2) is 12.5 Å². The Balaban J connectivity index is 2.23. The van der Waals surface area contributed by atoms with Gasteiger partial charge in [-0.05, 0) is 43.3 Å². The molecule has 0 radical (unpaired) electrons. The molecule has 2 nitrogen and oxygen atoms in total. The highest BCUT2D eigenvalue weighted by atomic mass is 19.2. The largest absolute Gasteiger partial charge is 0.334 e. The molecule has 1 aromatic carbocycles. The van der Waals surface area contributed by atoms with E-state index in [1.54, 1.807) is 17.0 Å². The number of benzene rings is 1. The van der Waals surface area contributed by atoms with Gasteiger partial charge in [-0.1, -0.05) is 6.07 Å². The SMILES string of the molecule is Cc1c(F)ccc2c1C(F)C(F)N(C)C2n1cccc1. The van der Waals surface area contributed by atoms with Gasteiger partial charge in [0.2, 0.25) is 0 Å². The number of fused-ring (bicyclic) bond motifs is 1. The van der Waals surface area contributed by atoms with Gasteiger partial charge in [0, 0.05) is 18.0 Å². The van der Waals surface area contributed by atoms with E-state index in [1.165, 1.54) is 31.0 Å². The maximum absolute atomic E-state index is 14.3. The molecule has 1 aromatic heterocycles. The van der Waals surface area contributed by atoms with Gasteiger partial charge in [0.1, 0.15) is 12.0 Å². The molecular formula is C15H15F3N2. The van der Waals surface area contributed by atoms with E-state index in [0.717, 1.165) is 0 Å². The number of nitrogens with zero attached hydrogens (tertiary/aromatic N) is 2. The van der Waals surface area contributed by atoms with Crippen molar-refractivity contribution in [3.63, 3.8) is 0 Å². The molecule has 3 rings (SSSR count). The Morgan fingerprint density at radius 3 is 2.40 bits per heavy atom. The van der Waals surface area contributed by atoms with Crippen molar-refractivity contribution < 1.29 is 13.2 Å². The molecule has 106 valence electrons. The molecule has 0 aliphatic carbocycles. The summed E-state index contributed by atoms with van der Waals surface area (Å²) in [5.74, 6) is -0.505. The topological polar surface area (TPSA) is 8.17 Å². The monoisotopic (exact) mass is 280 g/mol. The molecule has 0 fully saturated rings. The first kappa shape index (κ1) is 13.2. The highest BCUT2D eigenvalue weighted by Crippen LogP contribution is 2.43. The Morgan fingerprint density at radius 2 is 1.75 bits per heavy atom. The van der Waals surface area contributed by atoms with E-state index in [9.17, 15) is 13.2 Å². The second-order valence-electron chi connectivity index (χ2n) is 5.12. The predicted octanol–water partition coefficient (Wildman–Crippen LogP) is 3.73. The average molecular weight is 280 g/mol. The molecule has 0 bridgehead atoms.